The van der Waals surface area contributed by atoms with E-state index in [4.69, 9.17) is 0 Å². The minimum Gasteiger partial charge on any atom is -0.0888 e. The van der Waals surface area contributed by atoms with Gasteiger partial charge in [0.25, 0.3) is 0 Å². The van der Waals surface area contributed by atoms with Crippen molar-refractivity contribution in [2.45, 2.75) is 52.4 Å². The second-order valence-corrected chi connectivity index (χ2v) is 4.52. The van der Waals surface area contributed by atoms with Crippen molar-refractivity contribution in [2.24, 2.45) is 0 Å². The van der Waals surface area contributed by atoms with Gasteiger partial charge >= 0.3 is 0 Å². The van der Waals surface area contributed by atoms with Crippen LogP contribution in [0.2, 0.25) is 0 Å². The van der Waals surface area contributed by atoms with Crippen LogP contribution in [0, 0.1) is 0 Å². The summed E-state index contributed by atoms with van der Waals surface area (Å²) in [7, 11) is 0. The van der Waals surface area contributed by atoms with E-state index in [2.05, 4.69) is 86.8 Å². The Morgan fingerprint density at radius 2 is 0.950 bits per heavy atom. The predicted molar refractivity (Wildman–Crippen MR) is 93.9 cm³/mol. The highest BCUT2D eigenvalue weighted by Crippen LogP contribution is 1.95. The molecule has 0 fully saturated rings. The van der Waals surface area contributed by atoms with Crippen molar-refractivity contribution >= 4 is 0 Å². The van der Waals surface area contributed by atoms with Crippen LogP contribution in [-0.2, 0) is 0 Å². The molecule has 0 spiro atoms. The minimum atomic E-state index is 1.14. The van der Waals surface area contributed by atoms with Crippen molar-refractivity contribution < 1.29 is 0 Å². The Labute approximate surface area is 126 Å². The van der Waals surface area contributed by atoms with Crippen molar-refractivity contribution in [3.8, 4) is 0 Å². The minimum absolute atomic E-state index is 1.14. The summed E-state index contributed by atoms with van der Waals surface area (Å²) < 4.78 is 0. The van der Waals surface area contributed by atoms with Gasteiger partial charge in [-0.2, -0.15) is 0 Å². The van der Waals surface area contributed by atoms with Gasteiger partial charge in [-0.15, -0.1) is 0 Å². The Kier molecular flexibility index (Phi) is 16.1. The van der Waals surface area contributed by atoms with Gasteiger partial charge in [0.15, 0.2) is 0 Å². The van der Waals surface area contributed by atoms with E-state index in [9.17, 15) is 0 Å². The molecule has 0 radical (unpaired) electrons. The molecule has 0 N–H and O–H groups in total. The Morgan fingerprint density at radius 1 is 0.600 bits per heavy atom. The Hall–Kier alpha value is -1.56. The van der Waals surface area contributed by atoms with E-state index in [0.29, 0.717) is 0 Å². The molecule has 2 aliphatic carbocycles. The Balaban J connectivity index is 0.000000298. The maximum absolute atomic E-state index is 2.25. The highest BCUT2D eigenvalue weighted by Gasteiger charge is 1.74. The lowest BCUT2D eigenvalue weighted by Gasteiger charge is -1.84. The fraction of sp³-hybridized carbons (Fsp3) is 0.400. The van der Waals surface area contributed by atoms with Gasteiger partial charge in [0.05, 0.1) is 0 Å². The van der Waals surface area contributed by atoms with Crippen LogP contribution < -0.4 is 0 Å². The molecule has 0 aromatic rings. The number of allylic oxidation sites excluding steroid dienone is 12. The monoisotopic (exact) mass is 270 g/mol. The maximum Gasteiger partial charge on any atom is -0.0163 e. The van der Waals surface area contributed by atoms with Crippen molar-refractivity contribution in [2.75, 3.05) is 0 Å². The normalized spacial score (nSPS) is 14.7. The Morgan fingerprint density at radius 3 is 1.15 bits per heavy atom. The molecule has 0 saturated heterocycles. The van der Waals surface area contributed by atoms with Crippen LogP contribution in [0.4, 0.5) is 0 Å². The molecule has 2 aliphatic rings. The standard InChI is InChI=1S/C10H18.2C5H6/c1-3-5-7-9-10-8-6-4-2;2*1-2-4-5-3-1/h5-8H,3-4,9-10H2,1-2H3;2*1-4H,5H2. The molecule has 0 aromatic heterocycles. The smallest absolute Gasteiger partial charge is 0.0163 e. The molecular formula is C20H30. The Bertz CT molecular complexity index is 292. The molecule has 0 aromatic carbocycles. The quantitative estimate of drug-likeness (QED) is 0.385. The summed E-state index contributed by atoms with van der Waals surface area (Å²) in [6.45, 7) is 4.33. The topological polar surface area (TPSA) is 0 Å². The van der Waals surface area contributed by atoms with Crippen LogP contribution in [0.5, 0.6) is 0 Å². The number of rotatable bonds is 5. The number of unbranched alkanes of at least 4 members (excludes halogenated alkanes) is 1. The van der Waals surface area contributed by atoms with Gasteiger partial charge in [0.2, 0.25) is 0 Å². The molecule has 0 saturated carbocycles. The maximum atomic E-state index is 2.25. The average molecular weight is 270 g/mol. The molecule has 20 heavy (non-hydrogen) atoms. The second kappa shape index (κ2) is 17.4. The van der Waals surface area contributed by atoms with Crippen molar-refractivity contribution in [3.05, 3.63) is 72.9 Å². The molecule has 0 aliphatic heterocycles. The van der Waals surface area contributed by atoms with E-state index in [1.807, 2.05) is 0 Å². The van der Waals surface area contributed by atoms with Gasteiger partial charge in [-0.1, -0.05) is 86.8 Å². The van der Waals surface area contributed by atoms with Gasteiger partial charge < -0.3 is 0 Å². The first-order valence-electron chi connectivity index (χ1n) is 7.85. The summed E-state index contributed by atoms with van der Waals surface area (Å²) in [5, 5.41) is 0. The van der Waals surface area contributed by atoms with Crippen LogP contribution in [0.15, 0.2) is 72.9 Å². The fourth-order valence-corrected chi connectivity index (χ4v) is 1.55. The van der Waals surface area contributed by atoms with Gasteiger partial charge in [0.1, 0.15) is 0 Å². The predicted octanol–water partition coefficient (Wildman–Crippen LogP) is 6.70. The highest BCUT2D eigenvalue weighted by atomic mass is 13.8. The summed E-state index contributed by atoms with van der Waals surface area (Å²) in [6.07, 6.45) is 32.7. The third kappa shape index (κ3) is 16.4. The average Bonchev–Trinajstić information content (AvgIpc) is 3.21. The summed E-state index contributed by atoms with van der Waals surface area (Å²) >= 11 is 0. The third-order valence-electron chi connectivity index (χ3n) is 2.62. The molecule has 0 heterocycles. The lowest BCUT2D eigenvalue weighted by molar-refractivity contribution is 1.02. The molecule has 0 heteroatoms. The van der Waals surface area contributed by atoms with E-state index >= 15 is 0 Å². The van der Waals surface area contributed by atoms with Gasteiger partial charge in [0, 0.05) is 0 Å². The van der Waals surface area contributed by atoms with E-state index < -0.39 is 0 Å². The van der Waals surface area contributed by atoms with E-state index in [-0.39, 0.29) is 0 Å². The van der Waals surface area contributed by atoms with Crippen molar-refractivity contribution in [1.29, 1.82) is 0 Å². The molecular weight excluding hydrogens is 240 g/mol. The zero-order valence-electron chi connectivity index (χ0n) is 13.2. The summed E-state index contributed by atoms with van der Waals surface area (Å²) in [4.78, 5) is 0. The van der Waals surface area contributed by atoms with Crippen molar-refractivity contribution in [3.63, 3.8) is 0 Å². The summed E-state index contributed by atoms with van der Waals surface area (Å²) in [5.41, 5.74) is 0. The van der Waals surface area contributed by atoms with Crippen LogP contribution in [-0.4, -0.2) is 0 Å². The largest absolute Gasteiger partial charge is 0.0888 e. The summed E-state index contributed by atoms with van der Waals surface area (Å²) in [5.74, 6) is 0. The molecule has 110 valence electrons. The molecule has 2 rings (SSSR count). The van der Waals surface area contributed by atoms with Crippen molar-refractivity contribution in [1.82, 2.24) is 0 Å². The SMILES string of the molecule is C1=CCC=C1.C1=CCC=C1.CCC=CCCC=CCC. The first kappa shape index (κ1) is 18.4. The number of hydrogen-bond acceptors (Lipinski definition) is 0. The van der Waals surface area contributed by atoms with Crippen LogP contribution in [0.3, 0.4) is 0 Å². The second-order valence-electron chi connectivity index (χ2n) is 4.52. The van der Waals surface area contributed by atoms with E-state index in [1.54, 1.807) is 0 Å². The van der Waals surface area contributed by atoms with E-state index in [0.717, 1.165) is 25.7 Å². The van der Waals surface area contributed by atoms with E-state index in [1.165, 1.54) is 12.8 Å². The molecule has 0 bridgehead atoms. The van der Waals surface area contributed by atoms with Gasteiger partial charge in [-0.05, 0) is 38.5 Å². The number of hydrogen-bond donors (Lipinski definition) is 0. The molecule has 0 amide bonds. The third-order valence-corrected chi connectivity index (χ3v) is 2.62. The van der Waals surface area contributed by atoms with Crippen LogP contribution in [0.25, 0.3) is 0 Å². The fourth-order valence-electron chi connectivity index (χ4n) is 1.55. The lowest BCUT2D eigenvalue weighted by atomic mass is 10.2. The highest BCUT2D eigenvalue weighted by molar-refractivity contribution is 5.12. The first-order chi connectivity index (χ1) is 9.91. The zero-order valence-corrected chi connectivity index (χ0v) is 13.2. The van der Waals surface area contributed by atoms with Crippen LogP contribution in [0.1, 0.15) is 52.4 Å². The molecule has 0 atom stereocenters. The first-order valence-corrected chi connectivity index (χ1v) is 7.85. The van der Waals surface area contributed by atoms with Crippen LogP contribution >= 0.6 is 0 Å². The summed E-state index contributed by atoms with van der Waals surface area (Å²) in [6, 6.07) is 0. The lowest BCUT2D eigenvalue weighted by Crippen LogP contribution is -1.64. The van der Waals surface area contributed by atoms with Gasteiger partial charge in [-0.3, -0.25) is 0 Å². The van der Waals surface area contributed by atoms with Gasteiger partial charge in [-0.25, -0.2) is 0 Å². The molecule has 0 nitrogen and oxygen atoms in total. The zero-order chi connectivity index (χ0) is 14.7. The molecule has 0 unspecified atom stereocenters.